The highest BCUT2D eigenvalue weighted by Gasteiger charge is 2.14. The molecular formula is C27H25N5O3S. The van der Waals surface area contributed by atoms with E-state index in [1.54, 1.807) is 37.1 Å². The van der Waals surface area contributed by atoms with Gasteiger partial charge in [0.25, 0.3) is 0 Å². The number of nitrogens with one attached hydrogen (secondary N) is 1. The maximum absolute atomic E-state index is 12.9. The van der Waals surface area contributed by atoms with E-state index in [4.69, 9.17) is 27.4 Å². The highest BCUT2D eigenvalue weighted by molar-refractivity contribution is 7.71. The van der Waals surface area contributed by atoms with Gasteiger partial charge in [-0.15, -0.1) is 0 Å². The average molecular weight is 500 g/mol. The smallest absolute Gasteiger partial charge is 0.201 e. The molecule has 0 saturated carbocycles. The van der Waals surface area contributed by atoms with Gasteiger partial charge in [0, 0.05) is 53.3 Å². The van der Waals surface area contributed by atoms with Gasteiger partial charge in [0.2, 0.25) is 4.77 Å². The summed E-state index contributed by atoms with van der Waals surface area (Å²) in [5.74, 6) is 1.62. The topological polar surface area (TPSA) is 108 Å². The van der Waals surface area contributed by atoms with Crippen molar-refractivity contribution in [3.63, 3.8) is 0 Å². The fourth-order valence-electron chi connectivity index (χ4n) is 4.32. The number of benzene rings is 2. The van der Waals surface area contributed by atoms with Crippen LogP contribution in [-0.4, -0.2) is 39.5 Å². The SMILES string of the molecule is COc1cc2nc(=S)n(CCCC(=O)c3cc4cc(-c5cccnc5)ccc4[nH]3)c(N)c2cc1OC. The van der Waals surface area contributed by atoms with Crippen LogP contribution in [0.15, 0.2) is 60.9 Å². The summed E-state index contributed by atoms with van der Waals surface area (Å²) in [6, 6.07) is 15.4. The van der Waals surface area contributed by atoms with Crippen LogP contribution in [0.25, 0.3) is 32.9 Å². The van der Waals surface area contributed by atoms with Crippen LogP contribution in [0.1, 0.15) is 23.3 Å². The van der Waals surface area contributed by atoms with E-state index in [1.165, 1.54) is 0 Å². The number of nitrogen functional groups attached to an aromatic ring is 1. The lowest BCUT2D eigenvalue weighted by Crippen LogP contribution is -2.11. The van der Waals surface area contributed by atoms with Crippen molar-refractivity contribution in [1.82, 2.24) is 19.5 Å². The molecule has 0 bridgehead atoms. The van der Waals surface area contributed by atoms with Crippen molar-refractivity contribution in [1.29, 1.82) is 0 Å². The molecule has 2 aromatic carbocycles. The molecule has 9 heteroatoms. The molecule has 0 fully saturated rings. The first-order valence-electron chi connectivity index (χ1n) is 11.5. The Bertz CT molecular complexity index is 1640. The molecule has 0 aliphatic rings. The average Bonchev–Trinajstić information content (AvgIpc) is 3.34. The Labute approximate surface area is 212 Å². The van der Waals surface area contributed by atoms with E-state index >= 15 is 0 Å². The molecule has 0 spiro atoms. The summed E-state index contributed by atoms with van der Waals surface area (Å²) in [5, 5.41) is 1.70. The van der Waals surface area contributed by atoms with Crippen molar-refractivity contribution < 1.29 is 14.3 Å². The zero-order chi connectivity index (χ0) is 25.2. The maximum atomic E-state index is 12.9. The molecule has 36 heavy (non-hydrogen) atoms. The lowest BCUT2D eigenvalue weighted by atomic mass is 10.1. The molecule has 182 valence electrons. The molecule has 3 N–H and O–H groups in total. The van der Waals surface area contributed by atoms with E-state index in [0.29, 0.717) is 58.1 Å². The van der Waals surface area contributed by atoms with Gasteiger partial charge in [-0.3, -0.25) is 9.78 Å². The number of hydrogen-bond acceptors (Lipinski definition) is 7. The second-order valence-electron chi connectivity index (χ2n) is 8.41. The van der Waals surface area contributed by atoms with Gasteiger partial charge < -0.3 is 24.8 Å². The van der Waals surface area contributed by atoms with E-state index < -0.39 is 0 Å². The molecule has 8 nitrogen and oxygen atoms in total. The first kappa shape index (κ1) is 23.5. The number of fused-ring (bicyclic) bond motifs is 2. The van der Waals surface area contributed by atoms with Crippen molar-refractivity contribution in [3.8, 4) is 22.6 Å². The van der Waals surface area contributed by atoms with Crippen LogP contribution in [0.3, 0.4) is 0 Å². The minimum Gasteiger partial charge on any atom is -0.493 e. The number of ether oxygens (including phenoxy) is 2. The fourth-order valence-corrected chi connectivity index (χ4v) is 4.61. The summed E-state index contributed by atoms with van der Waals surface area (Å²) < 4.78 is 12.8. The maximum Gasteiger partial charge on any atom is 0.201 e. The van der Waals surface area contributed by atoms with Gasteiger partial charge in [-0.25, -0.2) is 4.98 Å². The first-order chi connectivity index (χ1) is 17.5. The van der Waals surface area contributed by atoms with Crippen LogP contribution in [0.2, 0.25) is 0 Å². The third-order valence-electron chi connectivity index (χ3n) is 6.22. The Morgan fingerprint density at radius 3 is 2.64 bits per heavy atom. The Hall–Kier alpha value is -4.24. The zero-order valence-electron chi connectivity index (χ0n) is 19.9. The molecule has 0 atom stereocenters. The monoisotopic (exact) mass is 499 g/mol. The molecule has 0 saturated heterocycles. The number of carbonyl (C=O) groups is 1. The number of aromatic nitrogens is 4. The highest BCUT2D eigenvalue weighted by atomic mass is 32.1. The molecular weight excluding hydrogens is 474 g/mol. The van der Waals surface area contributed by atoms with Crippen molar-refractivity contribution >= 4 is 45.6 Å². The molecule has 5 aromatic rings. The molecule has 0 amide bonds. The van der Waals surface area contributed by atoms with E-state index in [-0.39, 0.29) is 5.78 Å². The lowest BCUT2D eigenvalue weighted by molar-refractivity contribution is 0.0974. The Kier molecular flexibility index (Phi) is 6.39. The van der Waals surface area contributed by atoms with Crippen molar-refractivity contribution in [2.24, 2.45) is 0 Å². The number of hydrogen-bond donors (Lipinski definition) is 2. The summed E-state index contributed by atoms with van der Waals surface area (Å²) in [7, 11) is 3.13. The molecule has 5 rings (SSSR count). The first-order valence-corrected chi connectivity index (χ1v) is 11.9. The van der Waals surface area contributed by atoms with Crippen LogP contribution < -0.4 is 15.2 Å². The quantitative estimate of drug-likeness (QED) is 0.212. The van der Waals surface area contributed by atoms with E-state index in [0.717, 1.165) is 22.0 Å². The lowest BCUT2D eigenvalue weighted by Gasteiger charge is -2.15. The number of nitrogens with zero attached hydrogens (tertiary/aromatic N) is 3. The van der Waals surface area contributed by atoms with Gasteiger partial charge in [0.15, 0.2) is 17.3 Å². The molecule has 0 aliphatic carbocycles. The van der Waals surface area contributed by atoms with Crippen LogP contribution in [-0.2, 0) is 6.54 Å². The van der Waals surface area contributed by atoms with Crippen molar-refractivity contribution in [2.75, 3.05) is 20.0 Å². The van der Waals surface area contributed by atoms with Gasteiger partial charge in [-0.1, -0.05) is 12.1 Å². The van der Waals surface area contributed by atoms with E-state index in [1.807, 2.05) is 36.5 Å². The second-order valence-corrected chi connectivity index (χ2v) is 8.77. The fraction of sp³-hybridized carbons (Fsp3) is 0.185. The number of anilines is 1. The number of ketones is 1. The van der Waals surface area contributed by atoms with Crippen LogP contribution in [0, 0.1) is 4.77 Å². The Balaban J connectivity index is 1.32. The van der Waals surface area contributed by atoms with Crippen LogP contribution in [0.4, 0.5) is 5.82 Å². The molecule has 3 heterocycles. The predicted octanol–water partition coefficient (Wildman–Crippen LogP) is 5.57. The summed E-state index contributed by atoms with van der Waals surface area (Å²) in [5.41, 5.74) is 10.7. The molecule has 0 radical (unpaired) electrons. The number of H-pyrrole nitrogens is 1. The highest BCUT2D eigenvalue weighted by Crippen LogP contribution is 2.34. The van der Waals surface area contributed by atoms with Gasteiger partial charge in [-0.05, 0) is 54.5 Å². The van der Waals surface area contributed by atoms with E-state index in [2.05, 4.69) is 21.0 Å². The van der Waals surface area contributed by atoms with Gasteiger partial charge >= 0.3 is 0 Å². The number of Topliss-reactive ketones (excluding diaryl/α,β-unsaturated/α-hetero) is 1. The standard InChI is InChI=1S/C27H25N5O3S/c1-34-24-13-19-21(14-25(24)35-2)31-27(36)32(26(19)28)10-4-6-23(33)22-12-18-11-16(7-8-20(18)30-22)17-5-3-9-29-15-17/h3,5,7-9,11-15,30H,4,6,10,28H2,1-2H3. The van der Waals surface area contributed by atoms with E-state index in [9.17, 15) is 4.79 Å². The van der Waals surface area contributed by atoms with Gasteiger partial charge in [0.05, 0.1) is 25.4 Å². The summed E-state index contributed by atoms with van der Waals surface area (Å²) >= 11 is 5.48. The van der Waals surface area contributed by atoms with Crippen LogP contribution >= 0.6 is 12.2 Å². The molecule has 0 aliphatic heterocycles. The number of pyridine rings is 1. The zero-order valence-corrected chi connectivity index (χ0v) is 20.8. The number of carbonyl (C=O) groups excluding carboxylic acids is 1. The van der Waals surface area contributed by atoms with Crippen molar-refractivity contribution in [3.05, 3.63) is 71.4 Å². The largest absolute Gasteiger partial charge is 0.493 e. The van der Waals surface area contributed by atoms with Gasteiger partial charge in [0.1, 0.15) is 5.82 Å². The third-order valence-corrected chi connectivity index (χ3v) is 6.53. The number of aromatic amines is 1. The Morgan fingerprint density at radius 2 is 1.89 bits per heavy atom. The predicted molar refractivity (Wildman–Crippen MR) is 143 cm³/mol. The number of nitrogens with two attached hydrogens (primary N) is 1. The minimum absolute atomic E-state index is 0.0272. The third kappa shape index (κ3) is 4.40. The Morgan fingerprint density at radius 1 is 1.08 bits per heavy atom. The summed E-state index contributed by atoms with van der Waals surface area (Å²) in [6.07, 6.45) is 4.48. The summed E-state index contributed by atoms with van der Waals surface area (Å²) in [4.78, 5) is 24.9. The summed E-state index contributed by atoms with van der Waals surface area (Å²) in [6.45, 7) is 0.471. The molecule has 3 aromatic heterocycles. The number of rotatable bonds is 8. The van der Waals surface area contributed by atoms with Crippen LogP contribution in [0.5, 0.6) is 11.5 Å². The number of methoxy groups -OCH3 is 2. The van der Waals surface area contributed by atoms with Crippen molar-refractivity contribution in [2.45, 2.75) is 19.4 Å². The molecule has 0 unspecified atom stereocenters. The second kappa shape index (κ2) is 9.79. The van der Waals surface area contributed by atoms with Gasteiger partial charge in [-0.2, -0.15) is 0 Å². The normalized spacial score (nSPS) is 11.2. The minimum atomic E-state index is 0.0272.